The van der Waals surface area contributed by atoms with Crippen LogP contribution in [-0.4, -0.2) is 635 Å². The first-order chi connectivity index (χ1) is 27.6. The fourth-order valence-corrected chi connectivity index (χ4v) is 4.43. The van der Waals surface area contributed by atoms with Crippen LogP contribution in [0.15, 0.2) is 0 Å². The Morgan fingerprint density at radius 2 is 0.222 bits per heavy atom. The molecule has 0 aromatic rings. The summed E-state index contributed by atoms with van der Waals surface area (Å²) in [6.45, 7) is -6.75. The molecular weight excluding hydrogens is 1100 g/mol. The van der Waals surface area contributed by atoms with Gasteiger partial charge in [0.25, 0.3) is 0 Å². The van der Waals surface area contributed by atoms with Gasteiger partial charge in [0, 0.05) is 39.3 Å². The van der Waals surface area contributed by atoms with E-state index in [-0.39, 0.29) is 394 Å². The van der Waals surface area contributed by atoms with Crippen LogP contribution >= 0.6 is 0 Å². The minimum atomic E-state index is -1.23. The van der Waals surface area contributed by atoms with E-state index in [9.17, 15) is 57.5 Å². The third-order valence-corrected chi connectivity index (χ3v) is 6.50. The molecule has 366 valence electrons. The van der Waals surface area contributed by atoms with Crippen LogP contribution in [0.4, 0.5) is 0 Å². The summed E-state index contributed by atoms with van der Waals surface area (Å²) in [5.41, 5.74) is 0. The second-order valence-corrected chi connectivity index (χ2v) is 12.0. The summed E-state index contributed by atoms with van der Waals surface area (Å²) in [7, 11) is 0. The number of aliphatic carboxylic acids is 12. The van der Waals surface area contributed by atoms with Gasteiger partial charge in [-0.15, -0.1) is 0 Å². The van der Waals surface area contributed by atoms with Crippen molar-refractivity contribution in [1.29, 1.82) is 0 Å². The van der Waals surface area contributed by atoms with Gasteiger partial charge in [0.2, 0.25) is 0 Å². The molecule has 0 amide bonds. The Morgan fingerprint density at radius 3 is 0.264 bits per heavy atom. The Morgan fingerprint density at radius 1 is 0.167 bits per heavy atom. The van der Waals surface area contributed by atoms with E-state index in [1.807, 2.05) is 0 Å². The van der Waals surface area contributed by atoms with Gasteiger partial charge in [0.1, 0.15) is 0 Å². The first kappa shape index (κ1) is 116. The Hall–Kier alpha value is 5.40. The van der Waals surface area contributed by atoms with Crippen LogP contribution in [0.1, 0.15) is 0 Å². The molecule has 0 saturated heterocycles. The average molecular weight is 1160 g/mol. The summed E-state index contributed by atoms with van der Waals surface area (Å²) in [5, 5.41) is 103. The van der Waals surface area contributed by atoms with Crippen LogP contribution < -0.4 is 0 Å². The molecule has 12 N–H and O–H groups in total. The third kappa shape index (κ3) is 89.2. The standard InChI is InChI=1S/3C10H16N2O8.12Na.12H/c3*13-7(14)3-11(4-8(15)16)1-2-12(5-9(17)18)6-10(19)20;;;;;;;;;;;;;;;;;;;;;;;;/h3*1-6H2,(H,13,14)(H,15,16)(H,17,18)(H,19,20);;;;;;;;;;;;;;;;;;;;;;;;. The molecule has 0 spiro atoms. The van der Waals surface area contributed by atoms with Crippen LogP contribution in [0.2, 0.25) is 0 Å². The Balaban J connectivity index is -0.0000000481. The molecule has 0 fully saturated rings. The Kier molecular flexibility index (Phi) is 117. The molecule has 0 aliphatic carbocycles. The normalized spacial score (nSPS) is 8.92. The van der Waals surface area contributed by atoms with E-state index in [4.69, 9.17) is 61.3 Å². The topological polar surface area (TPSA) is 467 Å². The molecule has 42 heteroatoms. The molecule has 0 rings (SSSR count). The van der Waals surface area contributed by atoms with Crippen molar-refractivity contribution in [2.45, 2.75) is 0 Å². The molecule has 0 aliphatic heterocycles. The zero-order valence-electron chi connectivity index (χ0n) is 31.7. The van der Waals surface area contributed by atoms with Crippen LogP contribution in [0.25, 0.3) is 0 Å². The second kappa shape index (κ2) is 72.5. The van der Waals surface area contributed by atoms with Gasteiger partial charge in [-0.2, -0.15) is 0 Å². The van der Waals surface area contributed by atoms with E-state index in [1.165, 1.54) is 0 Å². The van der Waals surface area contributed by atoms with Gasteiger partial charge in [-0.1, -0.05) is 0 Å². The van der Waals surface area contributed by atoms with Crippen molar-refractivity contribution in [3.63, 3.8) is 0 Å². The van der Waals surface area contributed by atoms with E-state index in [0.717, 1.165) is 29.4 Å². The third-order valence-electron chi connectivity index (χ3n) is 6.50. The zero-order valence-corrected chi connectivity index (χ0v) is 31.7. The molecule has 0 atom stereocenters. The van der Waals surface area contributed by atoms with Crippen molar-refractivity contribution < 1.29 is 119 Å². The summed E-state index contributed by atoms with van der Waals surface area (Å²) in [6, 6.07) is 0. The molecule has 0 bridgehead atoms. The van der Waals surface area contributed by atoms with E-state index >= 15 is 0 Å². The molecule has 0 aromatic carbocycles. The van der Waals surface area contributed by atoms with E-state index in [0.29, 0.717) is 0 Å². The molecule has 30 nitrogen and oxygen atoms in total. The fourth-order valence-electron chi connectivity index (χ4n) is 4.43. The van der Waals surface area contributed by atoms with Crippen LogP contribution in [-0.2, 0) is 57.5 Å². The van der Waals surface area contributed by atoms with E-state index < -0.39 is 150 Å². The van der Waals surface area contributed by atoms with Crippen molar-refractivity contribution in [3.8, 4) is 0 Å². The monoisotopic (exact) mass is 1160 g/mol. The van der Waals surface area contributed by atoms with Crippen LogP contribution in [0.5, 0.6) is 0 Å². The number of nitrogens with zero attached hydrogens (tertiary/aromatic N) is 6. The van der Waals surface area contributed by atoms with Crippen molar-refractivity contribution in [2.24, 2.45) is 0 Å². The van der Waals surface area contributed by atoms with Gasteiger partial charge < -0.3 is 61.3 Å². The summed E-state index contributed by atoms with van der Waals surface area (Å²) in [6.07, 6.45) is 0. The number of rotatable bonds is 33. The summed E-state index contributed by atoms with van der Waals surface area (Å²) >= 11 is 0. The van der Waals surface area contributed by atoms with Gasteiger partial charge in [0.15, 0.2) is 0 Å². The first-order valence-electron chi connectivity index (χ1n) is 16.6. The number of carbonyl (C=O) groups is 12. The van der Waals surface area contributed by atoms with Crippen molar-refractivity contribution in [3.05, 3.63) is 0 Å². The van der Waals surface area contributed by atoms with Crippen LogP contribution in [0, 0.1) is 0 Å². The molecule has 72 heavy (non-hydrogen) atoms. The number of carboxylic acids is 12. The van der Waals surface area contributed by atoms with Crippen molar-refractivity contribution in [1.82, 2.24) is 29.4 Å². The Labute approximate surface area is 678 Å². The Bertz CT molecular complexity index is 1160. The first-order valence-corrected chi connectivity index (χ1v) is 16.6. The van der Waals surface area contributed by atoms with Gasteiger partial charge in [-0.25, -0.2) is 0 Å². The summed E-state index contributed by atoms with van der Waals surface area (Å²) in [5.74, 6) is -14.7. The van der Waals surface area contributed by atoms with Crippen molar-refractivity contribution in [2.75, 3.05) is 118 Å². The summed E-state index contributed by atoms with van der Waals surface area (Å²) < 4.78 is 0. The molecule has 0 unspecified atom stereocenters. The maximum absolute atomic E-state index is 10.6. The minimum absolute atomic E-state index is 0. The number of hydrogen-bond acceptors (Lipinski definition) is 18. The quantitative estimate of drug-likeness (QED) is 0.0272. The fraction of sp³-hybridized carbons (Fsp3) is 0.600. The summed E-state index contributed by atoms with van der Waals surface area (Å²) in [4.78, 5) is 133. The SMILES string of the molecule is O=C(O)CN(CCN(CC(=O)O)CC(=O)O)CC(=O)O.O=C(O)CN(CCN(CC(=O)O)CC(=O)O)CC(=O)O.O=C(O)CN(CCN(CC(=O)O)CC(=O)O)CC(=O)O.[NaH].[NaH].[NaH].[NaH].[NaH].[NaH].[NaH].[NaH].[NaH].[NaH].[NaH].[NaH]. The van der Waals surface area contributed by atoms with E-state index in [1.54, 1.807) is 0 Å². The van der Waals surface area contributed by atoms with Crippen LogP contribution in [0.3, 0.4) is 0 Å². The van der Waals surface area contributed by atoms with Gasteiger partial charge in [-0.05, 0) is 0 Å². The average Bonchev–Trinajstić information content (AvgIpc) is 3.02. The van der Waals surface area contributed by atoms with Gasteiger partial charge >= 0.3 is 426 Å². The molecule has 0 heterocycles. The number of hydrogen-bond donors (Lipinski definition) is 12. The number of carboxylic acid groups (broad SMARTS) is 12. The van der Waals surface area contributed by atoms with Crippen molar-refractivity contribution >= 4 is 426 Å². The van der Waals surface area contributed by atoms with Gasteiger partial charge in [0.05, 0.1) is 78.5 Å². The predicted octanol–water partition coefficient (Wildman–Crippen LogP) is -14.0. The zero-order chi connectivity index (χ0) is 47.1. The molecule has 0 saturated carbocycles. The molecule has 0 aromatic heterocycles. The van der Waals surface area contributed by atoms with Gasteiger partial charge in [-0.3, -0.25) is 86.9 Å². The van der Waals surface area contributed by atoms with E-state index in [2.05, 4.69) is 0 Å². The maximum atomic E-state index is 10.6. The molecule has 0 aliphatic rings. The molecular formula is C30H60N6Na12O24. The molecule has 0 radical (unpaired) electrons. The predicted molar refractivity (Wildman–Crippen MR) is 276 cm³/mol. The second-order valence-electron chi connectivity index (χ2n) is 12.0.